The molecule has 0 aromatic carbocycles. The Morgan fingerprint density at radius 3 is 2.52 bits per heavy atom. The van der Waals surface area contributed by atoms with Crippen molar-refractivity contribution in [3.63, 3.8) is 0 Å². The Balaban J connectivity index is 2.13. The zero-order valence-electron chi connectivity index (χ0n) is 18.3. The lowest BCUT2D eigenvalue weighted by molar-refractivity contribution is -0.169. The number of hydrogen-bond acceptors (Lipinski definition) is 6. The quantitative estimate of drug-likeness (QED) is 0.479. The predicted molar refractivity (Wildman–Crippen MR) is 108 cm³/mol. The van der Waals surface area contributed by atoms with Gasteiger partial charge in [0.15, 0.2) is 5.78 Å². The first kappa shape index (κ1) is 22.4. The van der Waals surface area contributed by atoms with Gasteiger partial charge in [-0.2, -0.15) is 0 Å². The highest BCUT2D eigenvalue weighted by molar-refractivity contribution is 5.88. The molecule has 7 atom stereocenters. The van der Waals surface area contributed by atoms with Crippen molar-refractivity contribution in [2.24, 2.45) is 22.7 Å². The summed E-state index contributed by atoms with van der Waals surface area (Å²) < 4.78 is 5.90. The van der Waals surface area contributed by atoms with Crippen molar-refractivity contribution in [1.29, 1.82) is 0 Å². The molecule has 0 saturated heterocycles. The normalized spacial score (nSPS) is 44.6. The van der Waals surface area contributed by atoms with Gasteiger partial charge in [-0.05, 0) is 51.9 Å². The minimum absolute atomic E-state index is 0.0294. The van der Waals surface area contributed by atoms with E-state index in [0.717, 1.165) is 12.0 Å². The molecule has 0 aromatic rings. The molecule has 6 nitrogen and oxygen atoms in total. The van der Waals surface area contributed by atoms with Gasteiger partial charge in [0.25, 0.3) is 0 Å². The molecular weight excluding hydrogens is 372 g/mol. The minimum Gasteiger partial charge on any atom is -0.461 e. The van der Waals surface area contributed by atoms with Gasteiger partial charge in [-0.25, -0.2) is 0 Å². The van der Waals surface area contributed by atoms with Crippen molar-refractivity contribution in [1.82, 2.24) is 0 Å². The van der Waals surface area contributed by atoms with E-state index in [1.54, 1.807) is 27.7 Å². The van der Waals surface area contributed by atoms with Crippen molar-refractivity contribution in [3.8, 4) is 0 Å². The first-order valence-electron chi connectivity index (χ1n) is 10.9. The molecule has 3 N–H and O–H groups in total. The zero-order valence-corrected chi connectivity index (χ0v) is 18.3. The molecule has 2 fully saturated rings. The van der Waals surface area contributed by atoms with Crippen LogP contribution in [0, 0.1) is 22.7 Å². The van der Waals surface area contributed by atoms with Crippen LogP contribution in [0.5, 0.6) is 0 Å². The van der Waals surface area contributed by atoms with Crippen LogP contribution in [0.3, 0.4) is 0 Å². The maximum atomic E-state index is 13.1. The second-order valence-corrected chi connectivity index (χ2v) is 10.3. The summed E-state index contributed by atoms with van der Waals surface area (Å²) in [6.45, 7) is 8.84. The number of fused-ring (bicyclic) bond motifs is 1. The monoisotopic (exact) mass is 408 g/mol. The van der Waals surface area contributed by atoms with E-state index in [-0.39, 0.29) is 30.6 Å². The van der Waals surface area contributed by atoms with Gasteiger partial charge in [-0.3, -0.25) is 9.59 Å². The van der Waals surface area contributed by atoms with Crippen LogP contribution in [-0.2, 0) is 14.3 Å². The SMILES string of the molecule is CCC(=O)O[C@H]1[C@@H]2CC[C@@H]3C(C)=CC[C@@H](O)C(C)(C)C(=O)[C@@H](O)C[C@@]31C[C@]2(C)O. The summed E-state index contributed by atoms with van der Waals surface area (Å²) >= 11 is 0. The van der Waals surface area contributed by atoms with E-state index in [9.17, 15) is 24.9 Å². The lowest BCUT2D eigenvalue weighted by Crippen LogP contribution is -2.52. The number of aliphatic hydroxyl groups excluding tert-OH is 2. The molecule has 3 aliphatic rings. The molecule has 0 amide bonds. The van der Waals surface area contributed by atoms with Crippen LogP contribution >= 0.6 is 0 Å². The molecule has 29 heavy (non-hydrogen) atoms. The molecule has 2 bridgehead atoms. The standard InChI is InChI=1S/C23H36O6/c1-6-18(26)29-20-15-9-8-14-13(2)7-10-17(25)21(3,4)19(27)16(24)11-23(14,20)12-22(15,5)28/h7,14-17,20,24-25,28H,6,8-12H2,1-5H3/t14-,15+,16+,17-,20+,22+,23-/m1/s1. The third-order valence-electron chi connectivity index (χ3n) is 7.98. The third kappa shape index (κ3) is 3.57. The lowest BCUT2D eigenvalue weighted by Gasteiger charge is -2.48. The number of hydrogen-bond donors (Lipinski definition) is 3. The van der Waals surface area contributed by atoms with Crippen molar-refractivity contribution in [2.45, 2.75) is 97.1 Å². The fourth-order valence-corrected chi connectivity index (χ4v) is 6.26. The highest BCUT2D eigenvalue weighted by Crippen LogP contribution is 2.63. The highest BCUT2D eigenvalue weighted by atomic mass is 16.5. The van der Waals surface area contributed by atoms with Crippen molar-refractivity contribution in [2.75, 3.05) is 0 Å². The van der Waals surface area contributed by atoms with Crippen LogP contribution in [0.4, 0.5) is 0 Å². The van der Waals surface area contributed by atoms with E-state index in [0.29, 0.717) is 19.3 Å². The Morgan fingerprint density at radius 2 is 1.90 bits per heavy atom. The smallest absolute Gasteiger partial charge is 0.305 e. The summed E-state index contributed by atoms with van der Waals surface area (Å²) in [4.78, 5) is 25.3. The van der Waals surface area contributed by atoms with Gasteiger partial charge in [0, 0.05) is 17.8 Å². The first-order chi connectivity index (χ1) is 13.4. The van der Waals surface area contributed by atoms with Crippen LogP contribution in [0.25, 0.3) is 0 Å². The molecule has 3 aliphatic carbocycles. The summed E-state index contributed by atoms with van der Waals surface area (Å²) in [6.07, 6.45) is 1.83. The maximum Gasteiger partial charge on any atom is 0.305 e. The number of aliphatic hydroxyl groups is 3. The summed E-state index contributed by atoms with van der Waals surface area (Å²) in [6, 6.07) is 0. The Kier molecular flexibility index (Phi) is 5.78. The predicted octanol–water partition coefficient (Wildman–Crippen LogP) is 2.53. The summed E-state index contributed by atoms with van der Waals surface area (Å²) in [5.41, 5.74) is -1.76. The fourth-order valence-electron chi connectivity index (χ4n) is 6.26. The second-order valence-electron chi connectivity index (χ2n) is 10.3. The van der Waals surface area contributed by atoms with Gasteiger partial charge in [-0.1, -0.05) is 32.4 Å². The largest absolute Gasteiger partial charge is 0.461 e. The molecule has 0 unspecified atom stereocenters. The van der Waals surface area contributed by atoms with E-state index < -0.39 is 40.5 Å². The first-order valence-corrected chi connectivity index (χ1v) is 10.9. The van der Waals surface area contributed by atoms with Gasteiger partial charge in [0.2, 0.25) is 0 Å². The highest BCUT2D eigenvalue weighted by Gasteiger charge is 2.66. The average Bonchev–Trinajstić information content (AvgIpc) is 2.76. The van der Waals surface area contributed by atoms with Crippen LogP contribution in [0.2, 0.25) is 0 Å². The van der Waals surface area contributed by atoms with Crippen LogP contribution < -0.4 is 0 Å². The number of ether oxygens (including phenoxy) is 1. The van der Waals surface area contributed by atoms with Gasteiger partial charge >= 0.3 is 5.97 Å². The molecule has 0 heterocycles. The zero-order chi connectivity index (χ0) is 21.8. The average molecular weight is 409 g/mol. The topological polar surface area (TPSA) is 104 Å². The van der Waals surface area contributed by atoms with Gasteiger partial charge in [0.1, 0.15) is 12.2 Å². The van der Waals surface area contributed by atoms with E-state index >= 15 is 0 Å². The van der Waals surface area contributed by atoms with E-state index in [2.05, 4.69) is 0 Å². The Hall–Kier alpha value is -1.24. The molecule has 2 saturated carbocycles. The van der Waals surface area contributed by atoms with Crippen molar-refractivity contribution < 1.29 is 29.6 Å². The van der Waals surface area contributed by atoms with Gasteiger partial charge in [-0.15, -0.1) is 0 Å². The summed E-state index contributed by atoms with van der Waals surface area (Å²) in [7, 11) is 0. The molecule has 164 valence electrons. The Labute approximate surface area is 173 Å². The summed E-state index contributed by atoms with van der Waals surface area (Å²) in [5, 5.41) is 32.8. The number of carbonyl (C=O) groups is 2. The van der Waals surface area contributed by atoms with Crippen LogP contribution in [0.1, 0.15) is 73.1 Å². The number of Topliss-reactive ketones (excluding diaryl/α,β-unsaturated/α-hetero) is 1. The van der Waals surface area contributed by atoms with Gasteiger partial charge < -0.3 is 20.1 Å². The molecule has 3 rings (SSSR count). The van der Waals surface area contributed by atoms with Crippen LogP contribution in [0.15, 0.2) is 11.6 Å². The second kappa shape index (κ2) is 7.47. The molecule has 0 aliphatic heterocycles. The Morgan fingerprint density at radius 1 is 1.24 bits per heavy atom. The number of esters is 1. The molecule has 1 spiro atoms. The molecule has 0 aromatic heterocycles. The van der Waals surface area contributed by atoms with Crippen molar-refractivity contribution in [3.05, 3.63) is 11.6 Å². The van der Waals surface area contributed by atoms with E-state index in [1.807, 2.05) is 13.0 Å². The number of carbonyl (C=O) groups excluding carboxylic acids is 2. The molecule has 6 heteroatoms. The Bertz CT molecular complexity index is 708. The van der Waals surface area contributed by atoms with Crippen LogP contribution in [-0.4, -0.2) is 51.0 Å². The maximum absolute atomic E-state index is 13.1. The molecule has 0 radical (unpaired) electrons. The summed E-state index contributed by atoms with van der Waals surface area (Å²) in [5.74, 6) is -0.975. The fraction of sp³-hybridized carbons (Fsp3) is 0.826. The number of rotatable bonds is 2. The lowest BCUT2D eigenvalue weighted by atomic mass is 9.59. The minimum atomic E-state index is -1.29. The van der Waals surface area contributed by atoms with Gasteiger partial charge in [0.05, 0.1) is 17.1 Å². The van der Waals surface area contributed by atoms with Crippen molar-refractivity contribution >= 4 is 11.8 Å². The van der Waals surface area contributed by atoms with E-state index in [4.69, 9.17) is 4.74 Å². The number of ketones is 1. The van der Waals surface area contributed by atoms with E-state index in [1.165, 1.54) is 0 Å². The molecular formula is C23H36O6. The third-order valence-corrected chi connectivity index (χ3v) is 7.98. The number of allylic oxidation sites excluding steroid dienone is 1.